The molecule has 0 saturated carbocycles. The highest BCUT2D eigenvalue weighted by Gasteiger charge is 2.15. The van der Waals surface area contributed by atoms with Crippen molar-refractivity contribution in [1.82, 2.24) is 20.2 Å². The highest BCUT2D eigenvalue weighted by molar-refractivity contribution is 7.98. The molecule has 0 aliphatic heterocycles. The fourth-order valence-corrected chi connectivity index (χ4v) is 3.96. The van der Waals surface area contributed by atoms with Crippen molar-refractivity contribution in [1.29, 1.82) is 0 Å². The minimum atomic E-state index is -0.303. The van der Waals surface area contributed by atoms with Crippen LogP contribution in [0.5, 0.6) is 0 Å². The van der Waals surface area contributed by atoms with Crippen molar-refractivity contribution >= 4 is 33.8 Å². The second kappa shape index (κ2) is 6.89. The van der Waals surface area contributed by atoms with Crippen molar-refractivity contribution < 1.29 is 8.83 Å². The zero-order valence-electron chi connectivity index (χ0n) is 15.7. The maximum atomic E-state index is 12.4. The van der Waals surface area contributed by atoms with Crippen molar-refractivity contribution in [3.63, 3.8) is 0 Å². The molecule has 0 bridgehead atoms. The molecule has 0 amide bonds. The number of thioether (sulfide) groups is 1. The number of nitrogens with one attached hydrogen (secondary N) is 1. The van der Waals surface area contributed by atoms with Gasteiger partial charge in [0.15, 0.2) is 0 Å². The number of furan rings is 1. The van der Waals surface area contributed by atoms with Crippen molar-refractivity contribution in [2.45, 2.75) is 24.8 Å². The first-order chi connectivity index (χ1) is 14.1. The van der Waals surface area contributed by atoms with Crippen LogP contribution in [0.3, 0.4) is 0 Å². The summed E-state index contributed by atoms with van der Waals surface area (Å²) in [5.74, 6) is 1.38. The lowest BCUT2D eigenvalue weighted by Crippen LogP contribution is -2.10. The number of aromatic nitrogens is 4. The van der Waals surface area contributed by atoms with E-state index in [0.29, 0.717) is 33.8 Å². The third kappa shape index (κ3) is 3.31. The van der Waals surface area contributed by atoms with Gasteiger partial charge in [0.1, 0.15) is 16.9 Å². The third-order valence-electron chi connectivity index (χ3n) is 4.49. The first-order valence-corrected chi connectivity index (χ1v) is 10.0. The molecule has 5 rings (SSSR count). The van der Waals surface area contributed by atoms with Crippen LogP contribution >= 0.6 is 11.8 Å². The molecule has 0 radical (unpaired) electrons. The highest BCUT2D eigenvalue weighted by atomic mass is 32.2. The van der Waals surface area contributed by atoms with Crippen molar-refractivity contribution in [2.75, 3.05) is 0 Å². The summed E-state index contributed by atoms with van der Waals surface area (Å²) < 4.78 is 11.4. The van der Waals surface area contributed by atoms with Crippen LogP contribution < -0.4 is 5.56 Å². The molecule has 144 valence electrons. The Balaban J connectivity index is 1.42. The predicted octanol–water partition coefficient (Wildman–Crippen LogP) is 4.63. The molecule has 2 aromatic carbocycles. The van der Waals surface area contributed by atoms with Gasteiger partial charge in [0, 0.05) is 10.9 Å². The SMILES string of the molecule is Cc1cc(C)cc(-c2nnc(SCc3nc4c(oc5ccccc54)c(=O)[nH]3)o2)c1. The van der Waals surface area contributed by atoms with Crippen LogP contribution in [-0.2, 0) is 5.75 Å². The summed E-state index contributed by atoms with van der Waals surface area (Å²) in [6.07, 6.45) is 0. The van der Waals surface area contributed by atoms with Gasteiger partial charge in [-0.2, -0.15) is 0 Å². The summed E-state index contributed by atoms with van der Waals surface area (Å²) >= 11 is 1.32. The Labute approximate surface area is 169 Å². The molecule has 0 fully saturated rings. The molecule has 0 saturated heterocycles. The zero-order valence-corrected chi connectivity index (χ0v) is 16.5. The Bertz CT molecular complexity index is 1400. The molecule has 3 aromatic heterocycles. The number of para-hydroxylation sites is 1. The van der Waals surface area contributed by atoms with E-state index in [9.17, 15) is 4.79 Å². The molecule has 0 atom stereocenters. The lowest BCUT2D eigenvalue weighted by molar-refractivity contribution is 0.465. The van der Waals surface area contributed by atoms with Crippen LogP contribution in [0.25, 0.3) is 33.5 Å². The van der Waals surface area contributed by atoms with Gasteiger partial charge in [-0.3, -0.25) is 4.79 Å². The Kier molecular flexibility index (Phi) is 4.21. The smallest absolute Gasteiger partial charge is 0.294 e. The van der Waals surface area contributed by atoms with Crippen LogP contribution in [0.4, 0.5) is 0 Å². The van der Waals surface area contributed by atoms with Crippen LogP contribution in [0.15, 0.2) is 61.3 Å². The number of rotatable bonds is 4. The van der Waals surface area contributed by atoms with E-state index >= 15 is 0 Å². The number of nitrogens with zero attached hydrogens (tertiary/aromatic N) is 3. The second-order valence-electron chi connectivity index (χ2n) is 6.83. The van der Waals surface area contributed by atoms with E-state index in [1.807, 2.05) is 50.2 Å². The number of aryl methyl sites for hydroxylation is 2. The van der Waals surface area contributed by atoms with E-state index in [1.165, 1.54) is 11.8 Å². The molecule has 0 aliphatic carbocycles. The molecule has 1 N–H and O–H groups in total. The number of aromatic amines is 1. The summed E-state index contributed by atoms with van der Waals surface area (Å²) in [5, 5.41) is 9.47. The number of fused-ring (bicyclic) bond motifs is 3. The normalized spacial score (nSPS) is 11.5. The van der Waals surface area contributed by atoms with Gasteiger partial charge in [-0.15, -0.1) is 10.2 Å². The van der Waals surface area contributed by atoms with Crippen molar-refractivity contribution in [3.05, 3.63) is 69.8 Å². The molecule has 3 heterocycles. The van der Waals surface area contributed by atoms with Crippen molar-refractivity contribution in [3.8, 4) is 11.5 Å². The molecule has 0 unspecified atom stereocenters. The topological polar surface area (TPSA) is 97.8 Å². The van der Waals surface area contributed by atoms with Gasteiger partial charge in [0.2, 0.25) is 11.5 Å². The summed E-state index contributed by atoms with van der Waals surface area (Å²) in [6.45, 7) is 4.06. The van der Waals surface area contributed by atoms with E-state index in [0.717, 1.165) is 22.1 Å². The largest absolute Gasteiger partial charge is 0.449 e. The second-order valence-corrected chi connectivity index (χ2v) is 7.75. The average Bonchev–Trinajstić information content (AvgIpc) is 3.31. The van der Waals surface area contributed by atoms with Crippen LogP contribution in [-0.4, -0.2) is 20.2 Å². The van der Waals surface area contributed by atoms with Gasteiger partial charge >= 0.3 is 0 Å². The van der Waals surface area contributed by atoms with Gasteiger partial charge in [0.05, 0.1) is 5.75 Å². The van der Waals surface area contributed by atoms with E-state index in [1.54, 1.807) is 0 Å². The van der Waals surface area contributed by atoms with Crippen LogP contribution in [0.1, 0.15) is 17.0 Å². The fraction of sp³-hybridized carbons (Fsp3) is 0.143. The van der Waals surface area contributed by atoms with Crippen molar-refractivity contribution in [2.24, 2.45) is 0 Å². The minimum Gasteiger partial charge on any atom is -0.449 e. The van der Waals surface area contributed by atoms with Gasteiger partial charge in [0.25, 0.3) is 10.8 Å². The standard InChI is InChI=1S/C21H16N4O3S/c1-11-7-12(2)9-13(8-11)20-24-25-21(28-20)29-10-16-22-17-14-5-3-4-6-15(14)27-18(17)19(26)23-16/h3-9H,10H2,1-2H3,(H,22,23,26). The first kappa shape index (κ1) is 17.7. The molecule has 0 spiro atoms. The Hall–Kier alpha value is -3.39. The molecular weight excluding hydrogens is 388 g/mol. The van der Waals surface area contributed by atoms with E-state index in [2.05, 4.69) is 26.2 Å². The minimum absolute atomic E-state index is 0.231. The van der Waals surface area contributed by atoms with E-state index in [-0.39, 0.29) is 11.1 Å². The maximum absolute atomic E-state index is 12.4. The lowest BCUT2D eigenvalue weighted by Gasteiger charge is -2.00. The van der Waals surface area contributed by atoms with Crippen LogP contribution in [0.2, 0.25) is 0 Å². The van der Waals surface area contributed by atoms with Gasteiger partial charge in [-0.1, -0.05) is 41.1 Å². The van der Waals surface area contributed by atoms with Crippen LogP contribution in [0, 0.1) is 13.8 Å². The zero-order chi connectivity index (χ0) is 20.0. The average molecular weight is 404 g/mol. The predicted molar refractivity (Wildman–Crippen MR) is 111 cm³/mol. The van der Waals surface area contributed by atoms with Gasteiger partial charge in [-0.05, 0) is 38.1 Å². The first-order valence-electron chi connectivity index (χ1n) is 9.02. The number of H-pyrrole nitrogens is 1. The summed E-state index contributed by atoms with van der Waals surface area (Å²) in [7, 11) is 0. The Morgan fingerprint density at radius 2 is 1.83 bits per heavy atom. The molecule has 5 aromatic rings. The summed E-state index contributed by atoms with van der Waals surface area (Å²) in [6, 6.07) is 13.6. The maximum Gasteiger partial charge on any atom is 0.294 e. The number of benzene rings is 2. The lowest BCUT2D eigenvalue weighted by atomic mass is 10.1. The molecular formula is C21H16N4O3S. The molecule has 7 nitrogen and oxygen atoms in total. The van der Waals surface area contributed by atoms with E-state index in [4.69, 9.17) is 8.83 Å². The van der Waals surface area contributed by atoms with Gasteiger partial charge in [-0.25, -0.2) is 4.98 Å². The van der Waals surface area contributed by atoms with Gasteiger partial charge < -0.3 is 13.8 Å². The number of hydrogen-bond donors (Lipinski definition) is 1. The molecule has 29 heavy (non-hydrogen) atoms. The molecule has 8 heteroatoms. The highest BCUT2D eigenvalue weighted by Crippen LogP contribution is 2.28. The fourth-order valence-electron chi connectivity index (χ4n) is 3.33. The quantitative estimate of drug-likeness (QED) is 0.436. The monoisotopic (exact) mass is 404 g/mol. The van der Waals surface area contributed by atoms with E-state index < -0.39 is 0 Å². The molecule has 0 aliphatic rings. The summed E-state index contributed by atoms with van der Waals surface area (Å²) in [5.41, 5.74) is 4.28. The Morgan fingerprint density at radius 3 is 2.66 bits per heavy atom. The number of hydrogen-bond acceptors (Lipinski definition) is 7. The summed E-state index contributed by atoms with van der Waals surface area (Å²) in [4.78, 5) is 19.7. The third-order valence-corrected chi connectivity index (χ3v) is 5.32. The Morgan fingerprint density at radius 1 is 1.03 bits per heavy atom.